The summed E-state index contributed by atoms with van der Waals surface area (Å²) in [4.78, 5) is 2.65. The van der Waals surface area contributed by atoms with Gasteiger partial charge in [-0.15, -0.1) is 0 Å². The maximum absolute atomic E-state index is 3.41. The summed E-state index contributed by atoms with van der Waals surface area (Å²) < 4.78 is 0. The van der Waals surface area contributed by atoms with E-state index in [1.165, 1.54) is 45.3 Å². The molecule has 0 spiro atoms. The predicted octanol–water partition coefficient (Wildman–Crippen LogP) is 2.50. The molecule has 0 aromatic heterocycles. The van der Waals surface area contributed by atoms with E-state index in [0.717, 1.165) is 18.5 Å². The van der Waals surface area contributed by atoms with Crippen LogP contribution in [0.25, 0.3) is 0 Å². The van der Waals surface area contributed by atoms with Gasteiger partial charge in [0.25, 0.3) is 0 Å². The van der Waals surface area contributed by atoms with E-state index in [1.807, 2.05) is 0 Å². The van der Waals surface area contributed by atoms with E-state index in [-0.39, 0.29) is 0 Å². The van der Waals surface area contributed by atoms with Crippen LogP contribution in [0, 0.1) is 5.92 Å². The van der Waals surface area contributed by atoms with Crippen LogP contribution in [0.15, 0.2) is 0 Å². The normalized spacial score (nSPS) is 19.2. The van der Waals surface area contributed by atoms with Gasteiger partial charge in [0, 0.05) is 12.6 Å². The second kappa shape index (κ2) is 7.24. The third-order valence-corrected chi connectivity index (χ3v) is 3.74. The molecule has 0 radical (unpaired) electrons. The summed E-state index contributed by atoms with van der Waals surface area (Å²) in [5.74, 6) is 1.01. The van der Waals surface area contributed by atoms with Gasteiger partial charge in [0.1, 0.15) is 0 Å². The zero-order valence-corrected chi connectivity index (χ0v) is 10.8. The SMILES string of the molecule is CCNCCC(C)N(CC)CC1CCC1. The second-order valence-electron chi connectivity index (χ2n) is 4.88. The average Bonchev–Trinajstić information content (AvgIpc) is 2.16. The standard InChI is InChI=1S/C13H28N2/c1-4-14-10-9-12(3)15(5-2)11-13-7-6-8-13/h12-14H,4-11H2,1-3H3. The van der Waals surface area contributed by atoms with Crippen molar-refractivity contribution in [3.8, 4) is 0 Å². The first-order valence-electron chi connectivity index (χ1n) is 6.72. The van der Waals surface area contributed by atoms with E-state index in [4.69, 9.17) is 0 Å². The van der Waals surface area contributed by atoms with Crippen LogP contribution < -0.4 is 5.32 Å². The van der Waals surface area contributed by atoms with Crippen molar-refractivity contribution >= 4 is 0 Å². The van der Waals surface area contributed by atoms with Gasteiger partial charge in [-0.05, 0) is 51.7 Å². The van der Waals surface area contributed by atoms with Crippen molar-refractivity contribution in [2.75, 3.05) is 26.2 Å². The van der Waals surface area contributed by atoms with Crippen molar-refractivity contribution in [2.45, 2.75) is 52.5 Å². The molecule has 1 aliphatic carbocycles. The van der Waals surface area contributed by atoms with Crippen molar-refractivity contribution < 1.29 is 0 Å². The number of hydrogen-bond acceptors (Lipinski definition) is 2. The first-order chi connectivity index (χ1) is 7.27. The van der Waals surface area contributed by atoms with Crippen LogP contribution in [0.3, 0.4) is 0 Å². The molecule has 2 heteroatoms. The molecular formula is C13H28N2. The highest BCUT2D eigenvalue weighted by molar-refractivity contribution is 4.76. The van der Waals surface area contributed by atoms with Crippen molar-refractivity contribution in [1.29, 1.82) is 0 Å². The van der Waals surface area contributed by atoms with E-state index in [0.29, 0.717) is 0 Å². The molecular weight excluding hydrogens is 184 g/mol. The summed E-state index contributed by atoms with van der Waals surface area (Å²) in [5, 5.41) is 3.41. The number of nitrogens with one attached hydrogen (secondary N) is 1. The quantitative estimate of drug-likeness (QED) is 0.622. The number of rotatable bonds is 8. The maximum atomic E-state index is 3.41. The monoisotopic (exact) mass is 212 g/mol. The smallest absolute Gasteiger partial charge is 0.00790 e. The fourth-order valence-corrected chi connectivity index (χ4v) is 2.30. The minimum atomic E-state index is 0.745. The van der Waals surface area contributed by atoms with Crippen molar-refractivity contribution in [1.82, 2.24) is 10.2 Å². The lowest BCUT2D eigenvalue weighted by atomic mass is 9.85. The largest absolute Gasteiger partial charge is 0.317 e. The van der Waals surface area contributed by atoms with Crippen LogP contribution in [0.1, 0.15) is 46.5 Å². The van der Waals surface area contributed by atoms with Gasteiger partial charge in [-0.3, -0.25) is 0 Å². The maximum Gasteiger partial charge on any atom is 0.00790 e. The molecule has 0 aromatic rings. The van der Waals surface area contributed by atoms with E-state index in [1.54, 1.807) is 0 Å². The van der Waals surface area contributed by atoms with Gasteiger partial charge in [-0.25, -0.2) is 0 Å². The van der Waals surface area contributed by atoms with Gasteiger partial charge in [0.2, 0.25) is 0 Å². The van der Waals surface area contributed by atoms with Crippen LogP contribution in [0.5, 0.6) is 0 Å². The molecule has 1 saturated carbocycles. The van der Waals surface area contributed by atoms with Gasteiger partial charge in [0.15, 0.2) is 0 Å². The molecule has 1 rings (SSSR count). The lowest BCUT2D eigenvalue weighted by molar-refractivity contribution is 0.141. The Bertz CT molecular complexity index is 155. The molecule has 15 heavy (non-hydrogen) atoms. The summed E-state index contributed by atoms with van der Waals surface area (Å²) in [6, 6.07) is 0.745. The van der Waals surface area contributed by atoms with Crippen LogP contribution in [-0.2, 0) is 0 Å². The van der Waals surface area contributed by atoms with E-state index in [9.17, 15) is 0 Å². The van der Waals surface area contributed by atoms with E-state index in [2.05, 4.69) is 31.0 Å². The fourth-order valence-electron chi connectivity index (χ4n) is 2.30. The highest BCUT2D eigenvalue weighted by Crippen LogP contribution is 2.27. The molecule has 1 unspecified atom stereocenters. The molecule has 0 heterocycles. The Morgan fingerprint density at radius 2 is 2.07 bits per heavy atom. The lowest BCUT2D eigenvalue weighted by Gasteiger charge is -2.35. The Hall–Kier alpha value is -0.0800. The molecule has 0 aromatic carbocycles. The zero-order valence-electron chi connectivity index (χ0n) is 10.8. The Labute approximate surface area is 95.4 Å². The second-order valence-corrected chi connectivity index (χ2v) is 4.88. The highest BCUT2D eigenvalue weighted by atomic mass is 15.1. The third kappa shape index (κ3) is 4.52. The van der Waals surface area contributed by atoms with Gasteiger partial charge in [0.05, 0.1) is 0 Å². The molecule has 0 bridgehead atoms. The van der Waals surface area contributed by atoms with Gasteiger partial charge < -0.3 is 10.2 Å². The third-order valence-electron chi connectivity index (χ3n) is 3.74. The van der Waals surface area contributed by atoms with Crippen LogP contribution in [0.2, 0.25) is 0 Å². The molecule has 0 saturated heterocycles. The first kappa shape index (κ1) is 13.0. The Morgan fingerprint density at radius 3 is 2.53 bits per heavy atom. The molecule has 1 fully saturated rings. The molecule has 1 N–H and O–H groups in total. The van der Waals surface area contributed by atoms with Crippen molar-refractivity contribution in [3.05, 3.63) is 0 Å². The van der Waals surface area contributed by atoms with E-state index < -0.39 is 0 Å². The summed E-state index contributed by atoms with van der Waals surface area (Å²) >= 11 is 0. The summed E-state index contributed by atoms with van der Waals surface area (Å²) in [6.45, 7) is 11.7. The lowest BCUT2D eigenvalue weighted by Crippen LogP contribution is -2.40. The van der Waals surface area contributed by atoms with E-state index >= 15 is 0 Å². The fraction of sp³-hybridized carbons (Fsp3) is 1.00. The Morgan fingerprint density at radius 1 is 1.33 bits per heavy atom. The minimum Gasteiger partial charge on any atom is -0.317 e. The molecule has 0 aliphatic heterocycles. The molecule has 90 valence electrons. The van der Waals surface area contributed by atoms with Crippen LogP contribution >= 0.6 is 0 Å². The Balaban J connectivity index is 2.16. The molecule has 1 atom stereocenters. The number of nitrogens with zero attached hydrogens (tertiary/aromatic N) is 1. The first-order valence-corrected chi connectivity index (χ1v) is 6.72. The van der Waals surface area contributed by atoms with Gasteiger partial charge in [-0.1, -0.05) is 20.3 Å². The molecule has 2 nitrogen and oxygen atoms in total. The zero-order chi connectivity index (χ0) is 11.1. The van der Waals surface area contributed by atoms with Crippen molar-refractivity contribution in [3.63, 3.8) is 0 Å². The minimum absolute atomic E-state index is 0.745. The number of hydrogen-bond donors (Lipinski definition) is 1. The Kier molecular flexibility index (Phi) is 6.26. The van der Waals surface area contributed by atoms with Crippen LogP contribution in [-0.4, -0.2) is 37.1 Å². The molecule has 1 aliphatic rings. The summed E-state index contributed by atoms with van der Waals surface area (Å²) in [7, 11) is 0. The van der Waals surface area contributed by atoms with Crippen LogP contribution in [0.4, 0.5) is 0 Å². The molecule has 0 amide bonds. The highest BCUT2D eigenvalue weighted by Gasteiger charge is 2.22. The van der Waals surface area contributed by atoms with Crippen molar-refractivity contribution in [2.24, 2.45) is 5.92 Å². The predicted molar refractivity (Wildman–Crippen MR) is 67.2 cm³/mol. The average molecular weight is 212 g/mol. The van der Waals surface area contributed by atoms with Gasteiger partial charge >= 0.3 is 0 Å². The summed E-state index contributed by atoms with van der Waals surface area (Å²) in [6.07, 6.45) is 5.69. The topological polar surface area (TPSA) is 15.3 Å². The van der Waals surface area contributed by atoms with Gasteiger partial charge in [-0.2, -0.15) is 0 Å². The summed E-state index contributed by atoms with van der Waals surface area (Å²) in [5.41, 5.74) is 0.